The van der Waals surface area contributed by atoms with Crippen LogP contribution in [0.3, 0.4) is 0 Å². The molecule has 0 spiro atoms. The second-order valence-corrected chi connectivity index (χ2v) is 12.3. The van der Waals surface area contributed by atoms with Crippen LogP contribution in [0.4, 0.5) is 4.39 Å². The van der Waals surface area contributed by atoms with Crippen molar-refractivity contribution in [3.05, 3.63) is 88.0 Å². The van der Waals surface area contributed by atoms with Gasteiger partial charge >= 0.3 is 0 Å². The van der Waals surface area contributed by atoms with E-state index in [2.05, 4.69) is 15.5 Å². The Morgan fingerprint density at radius 3 is 2.65 bits per heavy atom. The number of piperidine rings is 1. The molecule has 0 aliphatic carbocycles. The molecule has 2 saturated heterocycles. The van der Waals surface area contributed by atoms with Crippen LogP contribution < -0.4 is 9.47 Å². The van der Waals surface area contributed by atoms with Gasteiger partial charge in [0.15, 0.2) is 17.8 Å². The van der Waals surface area contributed by atoms with E-state index in [0.717, 1.165) is 67.8 Å². The number of rotatable bonds is 7. The molecule has 3 aromatic carbocycles. The molecule has 1 unspecified atom stereocenters. The molecule has 0 amide bonds. The number of halogens is 2. The van der Waals surface area contributed by atoms with Crippen molar-refractivity contribution in [2.75, 3.05) is 19.7 Å². The Kier molecular flexibility index (Phi) is 7.55. The standard InChI is InChI=1S/C33H35ClFN3O5/c1-33(25-9-8-22(34)17-26(25)35)42-29-6-2-5-24(31(29)43-33)20-11-13-37(14-12-20)19-30-36-27-10-7-21(32(39)40)16-28(27)38(30)18-23-4-3-15-41-23/h2,5-10,16-17,20,23,32,39-40H,3-4,11-15,18-19H2,1H3/t23-,33?/m0/s1. The number of benzene rings is 3. The van der Waals surface area contributed by atoms with E-state index < -0.39 is 17.9 Å². The van der Waals surface area contributed by atoms with Gasteiger partial charge in [-0.15, -0.1) is 0 Å². The summed E-state index contributed by atoms with van der Waals surface area (Å²) in [5.41, 5.74) is 3.56. The first-order chi connectivity index (χ1) is 20.8. The molecule has 4 aromatic rings. The maximum atomic E-state index is 14.8. The lowest BCUT2D eigenvalue weighted by molar-refractivity contribution is -0.0712. The van der Waals surface area contributed by atoms with E-state index in [-0.39, 0.29) is 12.0 Å². The molecule has 226 valence electrons. The van der Waals surface area contributed by atoms with E-state index in [1.165, 1.54) is 6.07 Å². The number of hydrogen-bond donors (Lipinski definition) is 2. The average Bonchev–Trinajstić information content (AvgIpc) is 3.71. The molecule has 2 atom stereocenters. The summed E-state index contributed by atoms with van der Waals surface area (Å²) in [7, 11) is 0. The molecule has 3 aliphatic rings. The second kappa shape index (κ2) is 11.4. The monoisotopic (exact) mass is 607 g/mol. The van der Waals surface area contributed by atoms with Gasteiger partial charge in [0.1, 0.15) is 11.6 Å². The Labute approximate surface area is 254 Å². The molecule has 3 aliphatic heterocycles. The normalized spacial score (nSPS) is 22.7. The van der Waals surface area contributed by atoms with E-state index >= 15 is 0 Å². The van der Waals surface area contributed by atoms with Gasteiger partial charge in [-0.05, 0) is 81.1 Å². The van der Waals surface area contributed by atoms with Gasteiger partial charge in [-0.25, -0.2) is 9.37 Å². The highest BCUT2D eigenvalue weighted by molar-refractivity contribution is 6.30. The number of imidazole rings is 1. The van der Waals surface area contributed by atoms with Crippen LogP contribution in [-0.4, -0.2) is 50.5 Å². The van der Waals surface area contributed by atoms with Gasteiger partial charge in [0.25, 0.3) is 5.79 Å². The zero-order chi connectivity index (χ0) is 29.7. The minimum atomic E-state index is -1.53. The highest BCUT2D eigenvalue weighted by atomic mass is 35.5. The summed E-state index contributed by atoms with van der Waals surface area (Å²) in [4.78, 5) is 7.37. The van der Waals surface area contributed by atoms with Crippen molar-refractivity contribution in [2.24, 2.45) is 0 Å². The van der Waals surface area contributed by atoms with Crippen LogP contribution in [0.15, 0.2) is 54.6 Å². The Hall–Kier alpha value is -3.21. The molecule has 10 heteroatoms. The van der Waals surface area contributed by atoms with Crippen LogP contribution in [0.1, 0.15) is 67.3 Å². The van der Waals surface area contributed by atoms with Crippen molar-refractivity contribution in [1.29, 1.82) is 0 Å². The number of fused-ring (bicyclic) bond motifs is 2. The highest BCUT2D eigenvalue weighted by Crippen LogP contribution is 2.50. The molecule has 2 fully saturated rings. The zero-order valence-electron chi connectivity index (χ0n) is 24.0. The van der Waals surface area contributed by atoms with Crippen LogP contribution >= 0.6 is 11.6 Å². The van der Waals surface area contributed by atoms with Crippen molar-refractivity contribution >= 4 is 22.6 Å². The zero-order valence-corrected chi connectivity index (χ0v) is 24.8. The minimum absolute atomic E-state index is 0.124. The third-order valence-electron chi connectivity index (χ3n) is 8.98. The van der Waals surface area contributed by atoms with Gasteiger partial charge in [-0.3, -0.25) is 4.90 Å². The van der Waals surface area contributed by atoms with Crippen LogP contribution in [0.25, 0.3) is 11.0 Å². The van der Waals surface area contributed by atoms with Crippen LogP contribution in [0.2, 0.25) is 5.02 Å². The minimum Gasteiger partial charge on any atom is -0.444 e. The number of para-hydroxylation sites is 1. The number of aliphatic hydroxyl groups is 2. The number of ether oxygens (including phenoxy) is 3. The van der Waals surface area contributed by atoms with Gasteiger partial charge in [0, 0.05) is 29.7 Å². The summed E-state index contributed by atoms with van der Waals surface area (Å²) in [6, 6.07) is 15.8. The first kappa shape index (κ1) is 28.6. The fraction of sp³-hybridized carbons (Fsp3) is 0.424. The largest absolute Gasteiger partial charge is 0.444 e. The van der Waals surface area contributed by atoms with Crippen molar-refractivity contribution in [1.82, 2.24) is 14.5 Å². The van der Waals surface area contributed by atoms with E-state index in [0.29, 0.717) is 40.7 Å². The predicted octanol–water partition coefficient (Wildman–Crippen LogP) is 6.01. The summed E-state index contributed by atoms with van der Waals surface area (Å²) < 4.78 is 35.5. The summed E-state index contributed by atoms with van der Waals surface area (Å²) in [6.07, 6.45) is 2.50. The number of aromatic nitrogens is 2. The fourth-order valence-electron chi connectivity index (χ4n) is 6.71. The Balaban J connectivity index is 1.08. The number of hydrogen-bond acceptors (Lipinski definition) is 7. The lowest BCUT2D eigenvalue weighted by atomic mass is 9.88. The summed E-state index contributed by atoms with van der Waals surface area (Å²) in [6.45, 7) is 5.63. The lowest BCUT2D eigenvalue weighted by Crippen LogP contribution is -2.34. The third kappa shape index (κ3) is 5.49. The van der Waals surface area contributed by atoms with E-state index in [1.54, 1.807) is 25.1 Å². The van der Waals surface area contributed by atoms with Crippen LogP contribution in [0, 0.1) is 5.82 Å². The molecule has 7 rings (SSSR count). The lowest BCUT2D eigenvalue weighted by Gasteiger charge is -2.32. The first-order valence-electron chi connectivity index (χ1n) is 14.9. The van der Waals surface area contributed by atoms with Gasteiger partial charge in [-0.1, -0.05) is 29.8 Å². The molecular formula is C33H35ClFN3O5. The molecule has 0 saturated carbocycles. The maximum Gasteiger partial charge on any atom is 0.278 e. The quantitative estimate of drug-likeness (QED) is 0.249. The first-order valence-corrected chi connectivity index (χ1v) is 15.3. The van der Waals surface area contributed by atoms with Gasteiger partial charge < -0.3 is 29.0 Å². The second-order valence-electron chi connectivity index (χ2n) is 11.9. The summed E-state index contributed by atoms with van der Waals surface area (Å²) in [5.74, 6) is 0.775. The Morgan fingerprint density at radius 1 is 1.07 bits per heavy atom. The SMILES string of the molecule is CC1(c2ccc(Cl)cc2F)Oc2cccc(C3CCN(Cc4nc5ccc(C(O)O)cc5n4C[C@@H]4CCCO4)CC3)c2O1. The summed E-state index contributed by atoms with van der Waals surface area (Å²) in [5, 5.41) is 19.9. The van der Waals surface area contributed by atoms with E-state index in [4.69, 9.17) is 30.8 Å². The van der Waals surface area contributed by atoms with Crippen LogP contribution in [0.5, 0.6) is 11.5 Å². The third-order valence-corrected chi connectivity index (χ3v) is 9.22. The Bertz CT molecular complexity index is 1650. The number of likely N-dealkylation sites (tertiary alicyclic amines) is 1. The molecule has 1 aromatic heterocycles. The van der Waals surface area contributed by atoms with Gasteiger partial charge in [0.05, 0.1) is 35.8 Å². The fourth-order valence-corrected chi connectivity index (χ4v) is 6.86. The van der Waals surface area contributed by atoms with Crippen molar-refractivity contribution in [3.8, 4) is 11.5 Å². The molecule has 0 radical (unpaired) electrons. The number of aliphatic hydroxyl groups excluding tert-OH is 1. The van der Waals surface area contributed by atoms with Gasteiger partial charge in [0.2, 0.25) is 0 Å². The van der Waals surface area contributed by atoms with Crippen molar-refractivity contribution in [2.45, 2.75) is 69.8 Å². The number of nitrogens with zero attached hydrogens (tertiary/aromatic N) is 3. The van der Waals surface area contributed by atoms with E-state index in [9.17, 15) is 14.6 Å². The topological polar surface area (TPSA) is 89.2 Å². The molecular weight excluding hydrogens is 573 g/mol. The van der Waals surface area contributed by atoms with Crippen molar-refractivity contribution < 1.29 is 28.8 Å². The predicted molar refractivity (Wildman–Crippen MR) is 160 cm³/mol. The Morgan fingerprint density at radius 2 is 1.91 bits per heavy atom. The summed E-state index contributed by atoms with van der Waals surface area (Å²) >= 11 is 5.98. The average molecular weight is 608 g/mol. The van der Waals surface area contributed by atoms with E-state index in [1.807, 2.05) is 24.3 Å². The van der Waals surface area contributed by atoms with Crippen molar-refractivity contribution in [3.63, 3.8) is 0 Å². The molecule has 43 heavy (non-hydrogen) atoms. The van der Waals surface area contributed by atoms with Crippen LogP contribution in [-0.2, 0) is 23.6 Å². The molecule has 0 bridgehead atoms. The molecule has 2 N–H and O–H groups in total. The van der Waals surface area contributed by atoms with Gasteiger partial charge in [-0.2, -0.15) is 0 Å². The molecule has 4 heterocycles. The molecule has 8 nitrogen and oxygen atoms in total. The maximum absolute atomic E-state index is 14.8. The highest BCUT2D eigenvalue weighted by Gasteiger charge is 2.43. The smallest absolute Gasteiger partial charge is 0.278 e.